The van der Waals surface area contributed by atoms with E-state index >= 15 is 0 Å². The van der Waals surface area contributed by atoms with E-state index in [0.29, 0.717) is 30.5 Å². The fraction of sp³-hybridized carbons (Fsp3) is 0.172. The maximum absolute atomic E-state index is 6.27. The standard InChI is InChI=1S/C29H26N4O4/c1-18-26-25(16-35-18)33(28-27(26)31-17-32-29(28)30)20-8-12-22(13-9-20)37-24-5-3-4-23(14-24)36-15-19-6-10-21(34-2)11-7-19/h3-14,17-18H,15-16H2,1-2H3,(H2,30,31,32). The van der Waals surface area contributed by atoms with Gasteiger partial charge in [0.2, 0.25) is 0 Å². The molecule has 0 bridgehead atoms. The molecule has 0 radical (unpaired) electrons. The number of hydrogen-bond acceptors (Lipinski definition) is 7. The van der Waals surface area contributed by atoms with Gasteiger partial charge in [-0.3, -0.25) is 0 Å². The Labute approximate surface area is 214 Å². The van der Waals surface area contributed by atoms with Crippen LogP contribution < -0.4 is 19.9 Å². The Hall–Kier alpha value is -4.56. The first-order chi connectivity index (χ1) is 18.1. The monoisotopic (exact) mass is 494 g/mol. The van der Waals surface area contributed by atoms with Crippen molar-refractivity contribution < 1.29 is 18.9 Å². The second-order valence-electron chi connectivity index (χ2n) is 8.81. The highest BCUT2D eigenvalue weighted by Crippen LogP contribution is 2.41. The van der Waals surface area contributed by atoms with Gasteiger partial charge >= 0.3 is 0 Å². The highest BCUT2D eigenvalue weighted by molar-refractivity contribution is 5.91. The van der Waals surface area contributed by atoms with Crippen molar-refractivity contribution in [3.05, 3.63) is 95.9 Å². The van der Waals surface area contributed by atoms with Gasteiger partial charge < -0.3 is 29.2 Å². The average Bonchev–Trinajstić information content (AvgIpc) is 3.47. The first-order valence-corrected chi connectivity index (χ1v) is 12.0. The van der Waals surface area contributed by atoms with Gasteiger partial charge in [0.1, 0.15) is 47.0 Å². The number of methoxy groups -OCH3 is 1. The summed E-state index contributed by atoms with van der Waals surface area (Å²) in [5.74, 6) is 3.38. The third kappa shape index (κ3) is 4.32. The van der Waals surface area contributed by atoms with Gasteiger partial charge in [0.05, 0.1) is 25.5 Å². The largest absolute Gasteiger partial charge is 0.497 e. The van der Waals surface area contributed by atoms with Crippen molar-refractivity contribution in [2.75, 3.05) is 12.8 Å². The summed E-state index contributed by atoms with van der Waals surface area (Å²) in [7, 11) is 1.65. The van der Waals surface area contributed by atoms with Gasteiger partial charge in [0.25, 0.3) is 0 Å². The van der Waals surface area contributed by atoms with Crippen molar-refractivity contribution in [3.8, 4) is 28.7 Å². The first-order valence-electron chi connectivity index (χ1n) is 12.0. The summed E-state index contributed by atoms with van der Waals surface area (Å²) in [6, 6.07) is 23.2. The molecule has 5 aromatic rings. The third-order valence-electron chi connectivity index (χ3n) is 6.49. The molecule has 0 saturated carbocycles. The smallest absolute Gasteiger partial charge is 0.151 e. The molecule has 1 unspecified atom stereocenters. The van der Waals surface area contributed by atoms with Crippen LogP contribution in [0.25, 0.3) is 16.7 Å². The molecule has 8 nitrogen and oxygen atoms in total. The lowest BCUT2D eigenvalue weighted by atomic mass is 10.1. The summed E-state index contributed by atoms with van der Waals surface area (Å²) >= 11 is 0. The van der Waals surface area contributed by atoms with Crippen LogP contribution in [0.3, 0.4) is 0 Å². The van der Waals surface area contributed by atoms with E-state index in [1.54, 1.807) is 7.11 Å². The summed E-state index contributed by atoms with van der Waals surface area (Å²) in [6.45, 7) is 2.97. The number of benzene rings is 3. The molecule has 8 heteroatoms. The van der Waals surface area contributed by atoms with Crippen molar-refractivity contribution >= 4 is 16.9 Å². The molecule has 0 fully saturated rings. The van der Waals surface area contributed by atoms with Crippen LogP contribution in [0, 0.1) is 0 Å². The van der Waals surface area contributed by atoms with Crippen LogP contribution in [-0.2, 0) is 18.0 Å². The molecule has 0 spiro atoms. The zero-order valence-electron chi connectivity index (χ0n) is 20.5. The van der Waals surface area contributed by atoms with Crippen LogP contribution in [-0.4, -0.2) is 21.6 Å². The van der Waals surface area contributed by atoms with Crippen LogP contribution in [0.1, 0.15) is 29.8 Å². The summed E-state index contributed by atoms with van der Waals surface area (Å²) in [5.41, 5.74) is 12.0. The van der Waals surface area contributed by atoms with Crippen LogP contribution in [0.15, 0.2) is 79.1 Å². The number of nitrogens with two attached hydrogens (primary N) is 1. The predicted molar refractivity (Wildman–Crippen MR) is 140 cm³/mol. The molecule has 186 valence electrons. The molecule has 3 heterocycles. The third-order valence-corrected chi connectivity index (χ3v) is 6.49. The lowest BCUT2D eigenvalue weighted by Crippen LogP contribution is -2.03. The number of anilines is 1. The van der Waals surface area contributed by atoms with E-state index in [1.165, 1.54) is 6.33 Å². The zero-order valence-corrected chi connectivity index (χ0v) is 20.5. The van der Waals surface area contributed by atoms with E-state index in [-0.39, 0.29) is 6.10 Å². The Kier molecular flexibility index (Phi) is 5.86. The van der Waals surface area contributed by atoms with E-state index in [2.05, 4.69) is 14.5 Å². The summed E-state index contributed by atoms with van der Waals surface area (Å²) in [6.07, 6.45) is 1.45. The van der Waals surface area contributed by atoms with E-state index in [1.807, 2.05) is 79.7 Å². The number of aromatic nitrogens is 3. The van der Waals surface area contributed by atoms with E-state index in [4.69, 9.17) is 24.7 Å². The van der Waals surface area contributed by atoms with Crippen molar-refractivity contribution in [1.82, 2.24) is 14.5 Å². The summed E-state index contributed by atoms with van der Waals surface area (Å²) in [4.78, 5) is 8.72. The molecule has 0 amide bonds. The van der Waals surface area contributed by atoms with Gasteiger partial charge in [-0.25, -0.2) is 9.97 Å². The maximum atomic E-state index is 6.27. The van der Waals surface area contributed by atoms with Crippen LogP contribution in [0.5, 0.6) is 23.0 Å². The van der Waals surface area contributed by atoms with Crippen LogP contribution in [0.2, 0.25) is 0 Å². The number of nitrogen functional groups attached to an aromatic ring is 1. The Morgan fingerprint density at radius 3 is 2.49 bits per heavy atom. The van der Waals surface area contributed by atoms with Crippen molar-refractivity contribution in [2.45, 2.75) is 26.2 Å². The minimum atomic E-state index is -0.0464. The van der Waals surface area contributed by atoms with Gasteiger partial charge in [-0.15, -0.1) is 0 Å². The minimum Gasteiger partial charge on any atom is -0.497 e. The van der Waals surface area contributed by atoms with E-state index in [9.17, 15) is 0 Å². The topological polar surface area (TPSA) is 93.7 Å². The second-order valence-corrected chi connectivity index (χ2v) is 8.81. The quantitative estimate of drug-likeness (QED) is 0.298. The summed E-state index contributed by atoms with van der Waals surface area (Å²) in [5, 5.41) is 0. The Morgan fingerprint density at radius 2 is 1.70 bits per heavy atom. The predicted octanol–water partition coefficient (Wildman–Crippen LogP) is 5.97. The van der Waals surface area contributed by atoms with E-state index < -0.39 is 0 Å². The number of nitrogens with zero attached hydrogens (tertiary/aromatic N) is 3. The molecule has 37 heavy (non-hydrogen) atoms. The molecular weight excluding hydrogens is 468 g/mol. The van der Waals surface area contributed by atoms with Gasteiger partial charge in [-0.1, -0.05) is 18.2 Å². The highest BCUT2D eigenvalue weighted by atomic mass is 16.5. The molecule has 1 atom stereocenters. The molecule has 2 N–H and O–H groups in total. The fourth-order valence-corrected chi connectivity index (χ4v) is 4.66. The number of ether oxygens (including phenoxy) is 4. The van der Waals surface area contributed by atoms with Crippen molar-refractivity contribution in [2.24, 2.45) is 0 Å². The minimum absolute atomic E-state index is 0.0464. The van der Waals surface area contributed by atoms with E-state index in [0.717, 1.165) is 45.0 Å². The molecule has 6 rings (SSSR count). The molecule has 2 aromatic heterocycles. The SMILES string of the molecule is COc1ccc(COc2cccc(Oc3ccc(-n4c5c(c6ncnc(N)c64)C(C)OC5)cc3)c2)cc1. The molecule has 3 aromatic carbocycles. The molecule has 0 aliphatic carbocycles. The highest BCUT2D eigenvalue weighted by Gasteiger charge is 2.30. The maximum Gasteiger partial charge on any atom is 0.151 e. The lowest BCUT2D eigenvalue weighted by molar-refractivity contribution is 0.0783. The number of hydrogen-bond donors (Lipinski definition) is 1. The zero-order chi connectivity index (χ0) is 25.4. The van der Waals surface area contributed by atoms with Crippen molar-refractivity contribution in [3.63, 3.8) is 0 Å². The Bertz CT molecular complexity index is 1560. The number of rotatable bonds is 7. The van der Waals surface area contributed by atoms with Crippen LogP contribution in [0.4, 0.5) is 5.82 Å². The molecular formula is C29H26N4O4. The number of fused-ring (bicyclic) bond motifs is 3. The first kappa shape index (κ1) is 22.9. The van der Waals surface area contributed by atoms with Gasteiger partial charge in [0.15, 0.2) is 5.82 Å². The van der Waals surface area contributed by atoms with Crippen molar-refractivity contribution in [1.29, 1.82) is 0 Å². The van der Waals surface area contributed by atoms with Crippen LogP contribution >= 0.6 is 0 Å². The van der Waals surface area contributed by atoms with Gasteiger partial charge in [0, 0.05) is 17.3 Å². The fourth-order valence-electron chi connectivity index (χ4n) is 4.66. The summed E-state index contributed by atoms with van der Waals surface area (Å²) < 4.78 is 25.2. The lowest BCUT2D eigenvalue weighted by Gasteiger charge is -2.12. The average molecular weight is 495 g/mol. The van der Waals surface area contributed by atoms with Gasteiger partial charge in [-0.2, -0.15) is 0 Å². The second kappa shape index (κ2) is 9.48. The molecule has 1 aliphatic heterocycles. The molecule has 0 saturated heterocycles. The van der Waals surface area contributed by atoms with Gasteiger partial charge in [-0.05, 0) is 61.0 Å². The Balaban J connectivity index is 1.21. The normalized spacial score (nSPS) is 14.5. The Morgan fingerprint density at radius 1 is 0.946 bits per heavy atom. The molecule has 1 aliphatic rings.